The van der Waals surface area contributed by atoms with E-state index in [0.29, 0.717) is 34.5 Å². The van der Waals surface area contributed by atoms with Crippen molar-refractivity contribution in [2.24, 2.45) is 4.99 Å². The summed E-state index contributed by atoms with van der Waals surface area (Å²) >= 11 is 1.38. The van der Waals surface area contributed by atoms with E-state index in [2.05, 4.69) is 11.1 Å². The van der Waals surface area contributed by atoms with Gasteiger partial charge in [0.25, 0.3) is 5.91 Å². The second-order valence-corrected chi connectivity index (χ2v) is 6.86. The normalized spacial score (nSPS) is 14.8. The minimum Gasteiger partial charge on any atom is -0.497 e. The van der Waals surface area contributed by atoms with E-state index in [1.54, 1.807) is 31.3 Å². The van der Waals surface area contributed by atoms with Crippen molar-refractivity contribution in [1.82, 2.24) is 0 Å². The number of carbonyl (C=O) groups is 1. The van der Waals surface area contributed by atoms with Crippen molar-refractivity contribution in [3.63, 3.8) is 0 Å². The zero-order valence-corrected chi connectivity index (χ0v) is 16.4. The van der Waals surface area contributed by atoms with Crippen LogP contribution in [0.5, 0.6) is 11.5 Å². The highest BCUT2D eigenvalue weighted by molar-refractivity contribution is 8.14. The molecule has 142 valence electrons. The number of ether oxygens (including phenoxy) is 2. The summed E-state index contributed by atoms with van der Waals surface area (Å²) in [6, 6.07) is 16.8. The number of benzene rings is 2. The predicted octanol–water partition coefficient (Wildman–Crippen LogP) is 4.09. The van der Waals surface area contributed by atoms with Crippen LogP contribution in [0.1, 0.15) is 12.0 Å². The molecule has 7 heteroatoms. The van der Waals surface area contributed by atoms with Crippen molar-refractivity contribution >= 4 is 34.6 Å². The van der Waals surface area contributed by atoms with Gasteiger partial charge >= 0.3 is 0 Å². The van der Waals surface area contributed by atoms with Gasteiger partial charge in [-0.2, -0.15) is 5.26 Å². The summed E-state index contributed by atoms with van der Waals surface area (Å²) in [5, 5.41) is 9.36. The zero-order valence-electron chi connectivity index (χ0n) is 15.6. The molecule has 6 nitrogen and oxygen atoms in total. The van der Waals surface area contributed by atoms with Crippen LogP contribution < -0.4 is 14.4 Å². The Morgan fingerprint density at radius 3 is 2.57 bits per heavy atom. The molecule has 0 radical (unpaired) electrons. The standard InChI is InChI=1S/C21H19N3O3S/c1-26-17-9-7-15(8-10-17)13-19-20(25)24(21(23-19)28-12-4-11-22)16-5-3-6-18(14-16)27-2/h3,5-10,13-14H,4,12H2,1-2H3. The molecule has 3 rings (SSSR count). The van der Waals surface area contributed by atoms with Crippen molar-refractivity contribution in [2.75, 3.05) is 24.9 Å². The Kier molecular flexibility index (Phi) is 6.35. The Bertz CT molecular complexity index is 962. The number of methoxy groups -OCH3 is 2. The van der Waals surface area contributed by atoms with Crippen molar-refractivity contribution < 1.29 is 14.3 Å². The molecule has 2 aromatic carbocycles. The topological polar surface area (TPSA) is 74.9 Å². The number of anilines is 1. The summed E-state index contributed by atoms with van der Waals surface area (Å²) in [6.45, 7) is 0. The van der Waals surface area contributed by atoms with E-state index < -0.39 is 0 Å². The molecule has 1 heterocycles. The molecule has 0 aromatic heterocycles. The largest absolute Gasteiger partial charge is 0.497 e. The third kappa shape index (κ3) is 4.35. The average Bonchev–Trinajstić information content (AvgIpc) is 3.04. The van der Waals surface area contributed by atoms with E-state index in [1.165, 1.54) is 11.8 Å². The van der Waals surface area contributed by atoms with E-state index >= 15 is 0 Å². The Hall–Kier alpha value is -3.24. The minimum absolute atomic E-state index is 0.219. The van der Waals surface area contributed by atoms with Crippen LogP contribution in [0.15, 0.2) is 59.2 Å². The van der Waals surface area contributed by atoms with Crippen molar-refractivity contribution in [3.05, 3.63) is 59.8 Å². The smallest absolute Gasteiger partial charge is 0.283 e. The SMILES string of the molecule is COc1ccc(C=C2N=C(SCCC#N)N(c3cccc(OC)c3)C2=O)cc1. The Morgan fingerprint density at radius 2 is 1.89 bits per heavy atom. The summed E-state index contributed by atoms with van der Waals surface area (Å²) in [7, 11) is 3.19. The molecular formula is C21H19N3O3S. The fourth-order valence-electron chi connectivity index (χ4n) is 2.62. The molecule has 1 aliphatic heterocycles. The van der Waals surface area contributed by atoms with Crippen LogP contribution in [0.25, 0.3) is 6.08 Å². The van der Waals surface area contributed by atoms with Crippen molar-refractivity contribution in [1.29, 1.82) is 5.26 Å². The van der Waals surface area contributed by atoms with Gasteiger partial charge in [0.15, 0.2) is 5.17 Å². The maximum atomic E-state index is 13.1. The van der Waals surface area contributed by atoms with Crippen LogP contribution in [0, 0.1) is 11.3 Å². The number of hydrogen-bond donors (Lipinski definition) is 0. The lowest BCUT2D eigenvalue weighted by Gasteiger charge is -2.18. The summed E-state index contributed by atoms with van der Waals surface area (Å²) < 4.78 is 10.4. The first-order valence-corrected chi connectivity index (χ1v) is 9.57. The number of thioether (sulfide) groups is 1. The molecule has 0 aliphatic carbocycles. The second kappa shape index (κ2) is 9.11. The first-order valence-electron chi connectivity index (χ1n) is 8.59. The Morgan fingerprint density at radius 1 is 1.14 bits per heavy atom. The van der Waals surface area contributed by atoms with Gasteiger partial charge in [0.1, 0.15) is 17.2 Å². The molecule has 0 saturated heterocycles. The van der Waals surface area contributed by atoms with E-state index in [4.69, 9.17) is 14.7 Å². The highest BCUT2D eigenvalue weighted by Gasteiger charge is 2.32. The summed E-state index contributed by atoms with van der Waals surface area (Å²) in [5.74, 6) is 1.73. The van der Waals surface area contributed by atoms with Gasteiger partial charge in [-0.3, -0.25) is 9.69 Å². The first kappa shape index (κ1) is 19.5. The maximum Gasteiger partial charge on any atom is 0.283 e. The van der Waals surface area contributed by atoms with Gasteiger partial charge < -0.3 is 9.47 Å². The molecule has 0 saturated carbocycles. The minimum atomic E-state index is -0.219. The fourth-order valence-corrected chi connectivity index (χ4v) is 3.47. The first-order chi connectivity index (χ1) is 13.7. The van der Waals surface area contributed by atoms with E-state index in [9.17, 15) is 4.79 Å². The van der Waals surface area contributed by atoms with Crippen LogP contribution in [-0.2, 0) is 4.79 Å². The molecule has 0 unspecified atom stereocenters. The lowest BCUT2D eigenvalue weighted by molar-refractivity contribution is -0.113. The molecule has 0 bridgehead atoms. The number of carbonyl (C=O) groups excluding carboxylic acids is 1. The number of hydrogen-bond acceptors (Lipinski definition) is 6. The predicted molar refractivity (Wildman–Crippen MR) is 112 cm³/mol. The van der Waals surface area contributed by atoms with Gasteiger partial charge in [-0.25, -0.2) is 4.99 Å². The van der Waals surface area contributed by atoms with Crippen LogP contribution in [0.2, 0.25) is 0 Å². The number of amides is 1. The number of rotatable bonds is 6. The third-order valence-electron chi connectivity index (χ3n) is 4.01. The van der Waals surface area contributed by atoms with Crippen LogP contribution >= 0.6 is 11.8 Å². The monoisotopic (exact) mass is 393 g/mol. The van der Waals surface area contributed by atoms with Gasteiger partial charge in [-0.05, 0) is 35.9 Å². The van der Waals surface area contributed by atoms with Gasteiger partial charge in [0.05, 0.1) is 26.0 Å². The Balaban J connectivity index is 1.94. The highest BCUT2D eigenvalue weighted by Crippen LogP contribution is 2.31. The Labute approximate surface area is 168 Å². The fraction of sp³-hybridized carbons (Fsp3) is 0.190. The van der Waals surface area contributed by atoms with Gasteiger partial charge in [0, 0.05) is 18.2 Å². The number of nitrogens with zero attached hydrogens (tertiary/aromatic N) is 3. The lowest BCUT2D eigenvalue weighted by atomic mass is 10.2. The molecule has 0 N–H and O–H groups in total. The van der Waals surface area contributed by atoms with Crippen molar-refractivity contribution in [2.45, 2.75) is 6.42 Å². The summed E-state index contributed by atoms with van der Waals surface area (Å²) in [6.07, 6.45) is 2.12. The molecule has 2 aromatic rings. The molecule has 1 aliphatic rings. The van der Waals surface area contributed by atoms with E-state index in [1.807, 2.05) is 42.5 Å². The maximum absolute atomic E-state index is 13.1. The summed E-state index contributed by atoms with van der Waals surface area (Å²) in [5.41, 5.74) is 1.86. The molecule has 0 spiro atoms. The van der Waals surface area contributed by atoms with Crippen LogP contribution in [-0.4, -0.2) is 31.0 Å². The van der Waals surface area contributed by atoms with Gasteiger partial charge in [-0.1, -0.05) is 30.0 Å². The number of aliphatic imine (C=N–C) groups is 1. The molecule has 0 fully saturated rings. The van der Waals surface area contributed by atoms with Crippen LogP contribution in [0.3, 0.4) is 0 Å². The van der Waals surface area contributed by atoms with Crippen LogP contribution in [0.4, 0.5) is 5.69 Å². The molecule has 1 amide bonds. The molecular weight excluding hydrogens is 374 g/mol. The lowest BCUT2D eigenvalue weighted by Crippen LogP contribution is -2.30. The number of nitriles is 1. The van der Waals surface area contributed by atoms with E-state index in [0.717, 1.165) is 11.3 Å². The van der Waals surface area contributed by atoms with Gasteiger partial charge in [-0.15, -0.1) is 0 Å². The number of amidine groups is 1. The quantitative estimate of drug-likeness (QED) is 0.546. The van der Waals surface area contributed by atoms with E-state index in [-0.39, 0.29) is 5.91 Å². The third-order valence-corrected chi connectivity index (χ3v) is 4.95. The second-order valence-electron chi connectivity index (χ2n) is 5.80. The summed E-state index contributed by atoms with van der Waals surface area (Å²) in [4.78, 5) is 19.2. The van der Waals surface area contributed by atoms with Gasteiger partial charge in [0.2, 0.25) is 0 Å². The highest BCUT2D eigenvalue weighted by atomic mass is 32.2. The molecule has 28 heavy (non-hydrogen) atoms. The zero-order chi connectivity index (χ0) is 19.9. The van der Waals surface area contributed by atoms with Crippen molar-refractivity contribution in [3.8, 4) is 17.6 Å². The molecule has 0 atom stereocenters. The average molecular weight is 393 g/mol.